The van der Waals surface area contributed by atoms with Gasteiger partial charge in [-0.3, -0.25) is 14.6 Å². The van der Waals surface area contributed by atoms with Crippen LogP contribution in [-0.2, 0) is 4.79 Å². The fraction of sp³-hybridized carbons (Fsp3) is 0.467. The number of carbonyl (C=O) groups excluding carboxylic acids is 2. The lowest BCUT2D eigenvalue weighted by Gasteiger charge is -2.33. The molecule has 2 aliphatic rings. The van der Waals surface area contributed by atoms with Crippen LogP contribution in [0.25, 0.3) is 5.52 Å². The molecule has 0 spiro atoms. The largest absolute Gasteiger partial charge is 0.351 e. The second kappa shape index (κ2) is 5.08. The number of fused-ring (bicyclic) bond motifs is 1. The summed E-state index contributed by atoms with van der Waals surface area (Å²) in [5.74, 6) is 0.428. The molecule has 114 valence electrons. The molecule has 0 radical (unpaired) electrons. The first kappa shape index (κ1) is 13.2. The summed E-state index contributed by atoms with van der Waals surface area (Å²) in [5.41, 5.74) is 1.20. The van der Waals surface area contributed by atoms with Crippen molar-refractivity contribution < 1.29 is 9.59 Å². The van der Waals surface area contributed by atoms with Crippen molar-refractivity contribution in [2.45, 2.75) is 37.8 Å². The van der Waals surface area contributed by atoms with E-state index < -0.39 is 0 Å². The Labute approximate surface area is 127 Å². The molecule has 7 nitrogen and oxygen atoms in total. The SMILES string of the molecule is O=C1CC[C@@H](NC(=O)c2cnn3ccncc23)[C@H](C2CC2)N1. The van der Waals surface area contributed by atoms with Crippen LogP contribution in [0.1, 0.15) is 36.0 Å². The van der Waals surface area contributed by atoms with Crippen LogP contribution in [-0.4, -0.2) is 38.5 Å². The third-order valence-electron chi connectivity index (χ3n) is 4.46. The van der Waals surface area contributed by atoms with Gasteiger partial charge in [-0.2, -0.15) is 5.10 Å². The second-order valence-electron chi connectivity index (χ2n) is 6.01. The Hall–Kier alpha value is -2.44. The van der Waals surface area contributed by atoms with E-state index in [0.717, 1.165) is 12.8 Å². The molecular formula is C15H17N5O2. The molecule has 2 fully saturated rings. The minimum Gasteiger partial charge on any atom is -0.351 e. The van der Waals surface area contributed by atoms with Gasteiger partial charge >= 0.3 is 0 Å². The number of nitrogens with one attached hydrogen (secondary N) is 2. The highest BCUT2D eigenvalue weighted by Crippen LogP contribution is 2.36. The standard InChI is InChI=1S/C15H17N5O2/c21-13-4-3-11(14(19-13)9-1-2-9)18-15(22)10-7-17-20-6-5-16-8-12(10)20/h5-9,11,14H,1-4H2,(H,18,22)(H,19,21)/t11-,14+/m1/s1. The van der Waals surface area contributed by atoms with E-state index in [1.54, 1.807) is 29.3 Å². The Bertz CT molecular complexity index is 736. The summed E-state index contributed by atoms with van der Waals surface area (Å²) in [5, 5.41) is 10.3. The number of carbonyl (C=O) groups is 2. The molecule has 0 unspecified atom stereocenters. The minimum absolute atomic E-state index is 0.00989. The molecular weight excluding hydrogens is 282 g/mol. The van der Waals surface area contributed by atoms with Gasteiger partial charge in [-0.05, 0) is 25.2 Å². The molecule has 0 aromatic carbocycles. The number of nitrogens with zero attached hydrogens (tertiary/aromatic N) is 3. The molecule has 2 aromatic rings. The van der Waals surface area contributed by atoms with E-state index in [4.69, 9.17) is 0 Å². The first-order valence-electron chi connectivity index (χ1n) is 7.60. The van der Waals surface area contributed by atoms with Crippen LogP contribution in [0, 0.1) is 5.92 Å². The van der Waals surface area contributed by atoms with E-state index in [1.807, 2.05) is 0 Å². The van der Waals surface area contributed by atoms with Gasteiger partial charge in [-0.15, -0.1) is 0 Å². The number of hydrogen-bond donors (Lipinski definition) is 2. The van der Waals surface area contributed by atoms with Gasteiger partial charge < -0.3 is 10.6 Å². The summed E-state index contributed by atoms with van der Waals surface area (Å²) >= 11 is 0. The number of rotatable bonds is 3. The Morgan fingerprint density at radius 1 is 1.32 bits per heavy atom. The fourth-order valence-electron chi connectivity index (χ4n) is 3.14. The molecule has 1 aliphatic heterocycles. The number of piperidine rings is 1. The van der Waals surface area contributed by atoms with Crippen molar-refractivity contribution in [2.75, 3.05) is 0 Å². The molecule has 1 aliphatic carbocycles. The van der Waals surface area contributed by atoms with E-state index in [9.17, 15) is 9.59 Å². The molecule has 7 heteroatoms. The van der Waals surface area contributed by atoms with Gasteiger partial charge in [0.05, 0.1) is 35.6 Å². The highest BCUT2D eigenvalue weighted by molar-refractivity contribution is 6.00. The maximum absolute atomic E-state index is 12.6. The van der Waals surface area contributed by atoms with E-state index in [1.165, 1.54) is 0 Å². The Morgan fingerprint density at radius 3 is 3.00 bits per heavy atom. The van der Waals surface area contributed by atoms with E-state index >= 15 is 0 Å². The van der Waals surface area contributed by atoms with Crippen LogP contribution >= 0.6 is 0 Å². The van der Waals surface area contributed by atoms with Crippen LogP contribution in [0.3, 0.4) is 0 Å². The topological polar surface area (TPSA) is 88.4 Å². The Kier molecular flexibility index (Phi) is 3.06. The zero-order valence-electron chi connectivity index (χ0n) is 12.0. The summed E-state index contributed by atoms with van der Waals surface area (Å²) < 4.78 is 1.63. The predicted molar refractivity (Wildman–Crippen MR) is 78.1 cm³/mol. The van der Waals surface area contributed by atoms with Crippen molar-refractivity contribution in [1.29, 1.82) is 0 Å². The predicted octanol–water partition coefficient (Wildman–Crippen LogP) is 0.516. The summed E-state index contributed by atoms with van der Waals surface area (Å²) in [6.45, 7) is 0. The molecule has 2 amide bonds. The number of hydrogen-bond acceptors (Lipinski definition) is 4. The highest BCUT2D eigenvalue weighted by Gasteiger charge is 2.40. The smallest absolute Gasteiger partial charge is 0.255 e. The summed E-state index contributed by atoms with van der Waals surface area (Å²) in [4.78, 5) is 28.2. The van der Waals surface area contributed by atoms with Gasteiger partial charge in [0.15, 0.2) is 0 Å². The van der Waals surface area contributed by atoms with Gasteiger partial charge in [0, 0.05) is 18.8 Å². The van der Waals surface area contributed by atoms with Crippen LogP contribution in [0.4, 0.5) is 0 Å². The van der Waals surface area contributed by atoms with Gasteiger partial charge in [-0.1, -0.05) is 0 Å². The third kappa shape index (κ3) is 2.32. The van der Waals surface area contributed by atoms with Crippen LogP contribution in [0.2, 0.25) is 0 Å². The molecule has 4 rings (SSSR count). The zero-order valence-corrected chi connectivity index (χ0v) is 12.0. The quantitative estimate of drug-likeness (QED) is 0.864. The monoisotopic (exact) mass is 299 g/mol. The molecule has 2 atom stereocenters. The van der Waals surface area contributed by atoms with Crippen LogP contribution in [0.5, 0.6) is 0 Å². The summed E-state index contributed by atoms with van der Waals surface area (Å²) in [6.07, 6.45) is 9.92. The van der Waals surface area contributed by atoms with Crippen molar-refractivity contribution >= 4 is 17.3 Å². The van der Waals surface area contributed by atoms with Crippen LogP contribution in [0.15, 0.2) is 24.8 Å². The molecule has 2 N–H and O–H groups in total. The molecule has 1 saturated heterocycles. The van der Waals surface area contributed by atoms with Gasteiger partial charge in [0.1, 0.15) is 0 Å². The zero-order chi connectivity index (χ0) is 15.1. The lowest BCUT2D eigenvalue weighted by molar-refractivity contribution is -0.124. The first-order chi connectivity index (χ1) is 10.7. The average Bonchev–Trinajstić information content (AvgIpc) is 3.28. The van der Waals surface area contributed by atoms with Gasteiger partial charge in [-0.25, -0.2) is 4.52 Å². The minimum atomic E-state index is -0.158. The first-order valence-corrected chi connectivity index (χ1v) is 7.60. The Morgan fingerprint density at radius 2 is 2.18 bits per heavy atom. The number of aromatic nitrogens is 3. The van der Waals surface area contributed by atoms with Gasteiger partial charge in [0.2, 0.25) is 5.91 Å². The molecule has 3 heterocycles. The Balaban J connectivity index is 1.54. The van der Waals surface area contributed by atoms with E-state index in [2.05, 4.69) is 20.7 Å². The molecule has 22 heavy (non-hydrogen) atoms. The van der Waals surface area contributed by atoms with Crippen molar-refractivity contribution in [3.05, 3.63) is 30.4 Å². The lowest BCUT2D eigenvalue weighted by atomic mass is 9.94. The fourth-order valence-corrected chi connectivity index (χ4v) is 3.14. The van der Waals surface area contributed by atoms with Crippen molar-refractivity contribution in [3.8, 4) is 0 Å². The third-order valence-corrected chi connectivity index (χ3v) is 4.46. The van der Waals surface area contributed by atoms with Crippen molar-refractivity contribution in [1.82, 2.24) is 25.2 Å². The normalized spacial score (nSPS) is 25.0. The number of amides is 2. The molecule has 0 bridgehead atoms. The van der Waals surface area contributed by atoms with Crippen molar-refractivity contribution in [3.63, 3.8) is 0 Å². The van der Waals surface area contributed by atoms with E-state index in [-0.39, 0.29) is 23.9 Å². The average molecular weight is 299 g/mol. The summed E-state index contributed by atoms with van der Waals surface area (Å²) in [6, 6.07) is 0.0504. The second-order valence-corrected chi connectivity index (χ2v) is 6.01. The van der Waals surface area contributed by atoms with Crippen molar-refractivity contribution in [2.24, 2.45) is 5.92 Å². The van der Waals surface area contributed by atoms with Gasteiger partial charge in [0.25, 0.3) is 5.91 Å². The molecule has 2 aromatic heterocycles. The van der Waals surface area contributed by atoms with E-state index in [0.29, 0.717) is 29.8 Å². The van der Waals surface area contributed by atoms with Crippen LogP contribution < -0.4 is 10.6 Å². The maximum atomic E-state index is 12.6. The molecule has 1 saturated carbocycles. The maximum Gasteiger partial charge on any atom is 0.255 e. The summed E-state index contributed by atoms with van der Waals surface area (Å²) in [7, 11) is 0. The highest BCUT2D eigenvalue weighted by atomic mass is 16.2. The lowest BCUT2D eigenvalue weighted by Crippen LogP contribution is -2.56.